The summed E-state index contributed by atoms with van der Waals surface area (Å²) < 4.78 is 0. The molecule has 3 rings (SSSR count). The predicted octanol–water partition coefficient (Wildman–Crippen LogP) is 5.73. The zero-order chi connectivity index (χ0) is 21.7. The first-order chi connectivity index (χ1) is 14.2. The number of carbonyl (C=O) groups is 2. The summed E-state index contributed by atoms with van der Waals surface area (Å²) in [6.07, 6.45) is 0.329. The standard InChI is InChI=1S/C26H28N2O2/c1-18-7-5-6-8-20(18)17-24(29)27-22-13-15-23(16-14-22)28-25(30)19-9-11-21(12-10-19)26(2,3)4/h5-16H,17H2,1-4H3,(H,27,29)(H,28,30). The lowest BCUT2D eigenvalue weighted by atomic mass is 9.87. The van der Waals surface area contributed by atoms with Crippen LogP contribution in [0.1, 0.15) is 47.8 Å². The molecule has 0 aliphatic heterocycles. The normalized spacial score (nSPS) is 11.1. The van der Waals surface area contributed by atoms with Gasteiger partial charge in [0.15, 0.2) is 0 Å². The van der Waals surface area contributed by atoms with E-state index in [9.17, 15) is 9.59 Å². The number of hydrogen-bond donors (Lipinski definition) is 2. The number of amides is 2. The van der Waals surface area contributed by atoms with Crippen LogP contribution in [0.5, 0.6) is 0 Å². The lowest BCUT2D eigenvalue weighted by Gasteiger charge is -2.19. The first-order valence-corrected chi connectivity index (χ1v) is 10.1. The molecule has 0 aliphatic rings. The Morgan fingerprint density at radius 3 is 1.90 bits per heavy atom. The van der Waals surface area contributed by atoms with Gasteiger partial charge in [0, 0.05) is 16.9 Å². The van der Waals surface area contributed by atoms with Gasteiger partial charge in [0.05, 0.1) is 6.42 Å². The molecule has 4 heteroatoms. The van der Waals surface area contributed by atoms with Gasteiger partial charge in [-0.1, -0.05) is 57.2 Å². The Morgan fingerprint density at radius 1 is 0.767 bits per heavy atom. The second kappa shape index (κ2) is 8.95. The Bertz CT molecular complexity index is 1030. The van der Waals surface area contributed by atoms with Crippen LogP contribution >= 0.6 is 0 Å². The van der Waals surface area contributed by atoms with Crippen LogP contribution < -0.4 is 10.6 Å². The summed E-state index contributed by atoms with van der Waals surface area (Å²) in [5.74, 6) is -0.230. The molecule has 2 amide bonds. The smallest absolute Gasteiger partial charge is 0.255 e. The summed E-state index contributed by atoms with van der Waals surface area (Å²) in [5.41, 5.74) is 5.33. The highest BCUT2D eigenvalue weighted by Gasteiger charge is 2.14. The largest absolute Gasteiger partial charge is 0.326 e. The minimum atomic E-state index is -0.160. The summed E-state index contributed by atoms with van der Waals surface area (Å²) >= 11 is 0. The summed E-state index contributed by atoms with van der Waals surface area (Å²) in [7, 11) is 0. The van der Waals surface area contributed by atoms with Crippen molar-refractivity contribution < 1.29 is 9.59 Å². The molecule has 0 fully saturated rings. The van der Waals surface area contributed by atoms with Crippen molar-refractivity contribution in [3.05, 3.63) is 95.1 Å². The molecule has 3 aromatic rings. The van der Waals surface area contributed by atoms with Gasteiger partial charge in [0.1, 0.15) is 0 Å². The molecule has 0 unspecified atom stereocenters. The van der Waals surface area contributed by atoms with Crippen LogP contribution in [0.25, 0.3) is 0 Å². The maximum Gasteiger partial charge on any atom is 0.255 e. The Morgan fingerprint density at radius 2 is 1.33 bits per heavy atom. The lowest BCUT2D eigenvalue weighted by Crippen LogP contribution is -2.15. The highest BCUT2D eigenvalue weighted by atomic mass is 16.2. The average Bonchev–Trinajstić information content (AvgIpc) is 2.70. The number of aryl methyl sites for hydroxylation is 1. The Balaban J connectivity index is 1.58. The van der Waals surface area contributed by atoms with Gasteiger partial charge in [0.2, 0.25) is 5.91 Å². The van der Waals surface area contributed by atoms with Crippen LogP contribution in [0.4, 0.5) is 11.4 Å². The van der Waals surface area contributed by atoms with E-state index in [1.165, 1.54) is 5.56 Å². The van der Waals surface area contributed by atoms with E-state index in [1.807, 2.05) is 55.5 Å². The molecule has 4 nitrogen and oxygen atoms in total. The molecule has 0 spiro atoms. The van der Waals surface area contributed by atoms with Crippen molar-refractivity contribution in [2.75, 3.05) is 10.6 Å². The minimum Gasteiger partial charge on any atom is -0.326 e. The van der Waals surface area contributed by atoms with Crippen molar-refractivity contribution in [2.45, 2.75) is 39.5 Å². The lowest BCUT2D eigenvalue weighted by molar-refractivity contribution is -0.115. The fourth-order valence-corrected chi connectivity index (χ4v) is 3.15. The number of carbonyl (C=O) groups excluding carboxylic acids is 2. The summed E-state index contributed by atoms with van der Waals surface area (Å²) in [5, 5.41) is 5.79. The molecule has 0 bridgehead atoms. The van der Waals surface area contributed by atoms with Crippen molar-refractivity contribution in [1.29, 1.82) is 0 Å². The second-order valence-corrected chi connectivity index (χ2v) is 8.51. The van der Waals surface area contributed by atoms with Crippen molar-refractivity contribution in [2.24, 2.45) is 0 Å². The predicted molar refractivity (Wildman–Crippen MR) is 123 cm³/mol. The number of hydrogen-bond acceptors (Lipinski definition) is 2. The van der Waals surface area contributed by atoms with Gasteiger partial charge in [-0.25, -0.2) is 0 Å². The molecule has 154 valence electrons. The fraction of sp³-hybridized carbons (Fsp3) is 0.231. The van der Waals surface area contributed by atoms with Crippen LogP contribution in [0.3, 0.4) is 0 Å². The van der Waals surface area contributed by atoms with E-state index in [0.29, 0.717) is 23.4 Å². The maximum absolute atomic E-state index is 12.5. The molecule has 0 radical (unpaired) electrons. The molecule has 0 aromatic heterocycles. The molecule has 2 N–H and O–H groups in total. The van der Waals surface area contributed by atoms with Crippen LogP contribution in [0.15, 0.2) is 72.8 Å². The molecule has 0 atom stereocenters. The second-order valence-electron chi connectivity index (χ2n) is 8.51. The number of benzene rings is 3. The van der Waals surface area contributed by atoms with Gasteiger partial charge in [-0.2, -0.15) is 0 Å². The fourth-order valence-electron chi connectivity index (χ4n) is 3.15. The third-order valence-corrected chi connectivity index (χ3v) is 5.05. The van der Waals surface area contributed by atoms with E-state index in [4.69, 9.17) is 0 Å². The Labute approximate surface area is 178 Å². The minimum absolute atomic E-state index is 0.0501. The van der Waals surface area contributed by atoms with Gasteiger partial charge < -0.3 is 10.6 Å². The highest BCUT2D eigenvalue weighted by molar-refractivity contribution is 6.04. The third-order valence-electron chi connectivity index (χ3n) is 5.05. The van der Waals surface area contributed by atoms with E-state index in [-0.39, 0.29) is 17.2 Å². The van der Waals surface area contributed by atoms with Crippen molar-refractivity contribution in [3.63, 3.8) is 0 Å². The van der Waals surface area contributed by atoms with Crippen LogP contribution in [0, 0.1) is 6.92 Å². The van der Waals surface area contributed by atoms with E-state index in [1.54, 1.807) is 24.3 Å². The Hall–Kier alpha value is -3.40. The molecule has 0 saturated heterocycles. The van der Waals surface area contributed by atoms with Gasteiger partial charge in [-0.05, 0) is 65.4 Å². The molecule has 3 aromatic carbocycles. The zero-order valence-electron chi connectivity index (χ0n) is 18.0. The SMILES string of the molecule is Cc1ccccc1CC(=O)Nc1ccc(NC(=O)c2ccc(C(C)(C)C)cc2)cc1. The highest BCUT2D eigenvalue weighted by Crippen LogP contribution is 2.22. The topological polar surface area (TPSA) is 58.2 Å². The number of rotatable bonds is 5. The summed E-state index contributed by atoms with van der Waals surface area (Å²) in [6, 6.07) is 22.7. The molecule has 0 heterocycles. The molecular weight excluding hydrogens is 372 g/mol. The van der Waals surface area contributed by atoms with Crippen molar-refractivity contribution >= 4 is 23.2 Å². The first kappa shape index (κ1) is 21.3. The van der Waals surface area contributed by atoms with Gasteiger partial charge >= 0.3 is 0 Å². The molecule has 30 heavy (non-hydrogen) atoms. The van der Waals surface area contributed by atoms with E-state index >= 15 is 0 Å². The van der Waals surface area contributed by atoms with Crippen molar-refractivity contribution in [1.82, 2.24) is 0 Å². The van der Waals surface area contributed by atoms with Crippen LogP contribution in [-0.2, 0) is 16.6 Å². The number of nitrogens with one attached hydrogen (secondary N) is 2. The zero-order valence-corrected chi connectivity index (χ0v) is 18.0. The van der Waals surface area contributed by atoms with Crippen LogP contribution in [0.2, 0.25) is 0 Å². The maximum atomic E-state index is 12.5. The quantitative estimate of drug-likeness (QED) is 0.575. The van der Waals surface area contributed by atoms with Crippen LogP contribution in [-0.4, -0.2) is 11.8 Å². The Kier molecular flexibility index (Phi) is 6.36. The van der Waals surface area contributed by atoms with Gasteiger partial charge in [-0.15, -0.1) is 0 Å². The first-order valence-electron chi connectivity index (χ1n) is 10.1. The molecule has 0 aliphatic carbocycles. The number of anilines is 2. The third kappa shape index (κ3) is 5.57. The van der Waals surface area contributed by atoms with Gasteiger partial charge in [-0.3, -0.25) is 9.59 Å². The average molecular weight is 401 g/mol. The van der Waals surface area contributed by atoms with E-state index in [0.717, 1.165) is 11.1 Å². The summed E-state index contributed by atoms with van der Waals surface area (Å²) in [6.45, 7) is 8.42. The van der Waals surface area contributed by atoms with Gasteiger partial charge in [0.25, 0.3) is 5.91 Å². The van der Waals surface area contributed by atoms with E-state index < -0.39 is 0 Å². The van der Waals surface area contributed by atoms with E-state index in [2.05, 4.69) is 31.4 Å². The van der Waals surface area contributed by atoms with Crippen molar-refractivity contribution in [3.8, 4) is 0 Å². The summed E-state index contributed by atoms with van der Waals surface area (Å²) in [4.78, 5) is 24.8. The molecular formula is C26H28N2O2. The monoisotopic (exact) mass is 400 g/mol. The molecule has 0 saturated carbocycles.